The van der Waals surface area contributed by atoms with Crippen molar-refractivity contribution in [1.82, 2.24) is 5.32 Å². The van der Waals surface area contributed by atoms with E-state index in [0.29, 0.717) is 10.5 Å². The Morgan fingerprint density at radius 1 is 1.26 bits per heavy atom. The highest BCUT2D eigenvalue weighted by Crippen LogP contribution is 2.40. The van der Waals surface area contributed by atoms with Crippen LogP contribution < -0.4 is 10.2 Å². The maximum absolute atomic E-state index is 12.7. The number of quaternary nitrogens is 1. The predicted molar refractivity (Wildman–Crippen MR) is 143 cm³/mol. The Morgan fingerprint density at radius 3 is 2.56 bits per heavy atom. The van der Waals surface area contributed by atoms with Crippen LogP contribution in [-0.2, 0) is 33.3 Å². The molecule has 16 heteroatoms. The van der Waals surface area contributed by atoms with Gasteiger partial charge >= 0.3 is 11.9 Å². The molecular formula is C27H39N2O14+. The van der Waals surface area contributed by atoms with Gasteiger partial charge in [0.25, 0.3) is 0 Å². The summed E-state index contributed by atoms with van der Waals surface area (Å²) in [6.45, 7) is 2.92. The Labute approximate surface area is 247 Å². The number of aliphatic carboxylic acids is 1. The van der Waals surface area contributed by atoms with Gasteiger partial charge in [-0.25, -0.2) is 9.59 Å². The fourth-order valence-corrected chi connectivity index (χ4v) is 4.94. The number of carbonyl (C=O) groups is 2. The fraction of sp³-hybridized carbons (Fsp3) is 0.556. The second-order valence-corrected chi connectivity index (χ2v) is 10.1. The molecule has 1 fully saturated rings. The number of nitrogens with one attached hydrogen (secondary N) is 2. The van der Waals surface area contributed by atoms with E-state index in [1.807, 2.05) is 0 Å². The maximum atomic E-state index is 12.7. The fourth-order valence-electron chi connectivity index (χ4n) is 4.94. The topological polar surface area (TPSA) is 238 Å². The Morgan fingerprint density at radius 2 is 1.98 bits per heavy atom. The lowest BCUT2D eigenvalue weighted by Crippen LogP contribution is -3.08. The van der Waals surface area contributed by atoms with E-state index in [1.54, 1.807) is 0 Å². The van der Waals surface area contributed by atoms with Crippen molar-refractivity contribution in [2.24, 2.45) is 5.92 Å². The van der Waals surface area contributed by atoms with Crippen molar-refractivity contribution in [3.8, 4) is 0 Å². The Hall–Kier alpha value is -3.00. The summed E-state index contributed by atoms with van der Waals surface area (Å²) in [4.78, 5) is 25.0. The molecule has 8 atom stereocenters. The van der Waals surface area contributed by atoms with Gasteiger partial charge in [-0.15, -0.1) is 6.58 Å². The third-order valence-electron chi connectivity index (χ3n) is 7.19. The summed E-state index contributed by atoms with van der Waals surface area (Å²) in [5, 5.41) is 74.8. The predicted octanol–water partition coefficient (Wildman–Crippen LogP) is -4.39. The smallest absolute Gasteiger partial charge is 0.341 e. The number of ether oxygens (including phenoxy) is 5. The largest absolute Gasteiger partial charge is 0.477 e. The van der Waals surface area contributed by atoms with Crippen LogP contribution in [0.3, 0.4) is 0 Å². The standard InChI is InChI=1S/C27H38N2O14/c1-4-17-24(43-25-21(41-14-28-2)27(37,38)20(32)19(12-31)42-25)40-13-18(23(35)39-3)26(17,36)6-5-15-9-16(22(33)34)11-29(10-15)7-8-30/h4-6,9,11,13,17,19-21,24-25,28,30-32,36-38H,1,7-8,10,12,14H2,2-3H3,(H,33,34)/p+1. The zero-order valence-corrected chi connectivity index (χ0v) is 23.7. The number of hydrogen-bond acceptors (Lipinski definition) is 14. The van der Waals surface area contributed by atoms with Crippen molar-refractivity contribution >= 4 is 11.9 Å². The van der Waals surface area contributed by atoms with Crippen LogP contribution in [0.25, 0.3) is 0 Å². The Bertz CT molecular complexity index is 1150. The van der Waals surface area contributed by atoms with Gasteiger partial charge in [-0.1, -0.05) is 12.2 Å². The molecular weight excluding hydrogens is 576 g/mol. The van der Waals surface area contributed by atoms with E-state index < -0.39 is 66.7 Å². The van der Waals surface area contributed by atoms with Crippen LogP contribution >= 0.6 is 0 Å². The van der Waals surface area contributed by atoms with Crippen LogP contribution in [-0.4, -0.2) is 137 Å². The monoisotopic (exact) mass is 615 g/mol. The third-order valence-corrected chi connectivity index (χ3v) is 7.19. The minimum Gasteiger partial charge on any atom is -0.477 e. The summed E-state index contributed by atoms with van der Waals surface area (Å²) in [6.07, 6.45) is -0.937. The summed E-state index contributed by atoms with van der Waals surface area (Å²) in [7, 11) is 2.60. The molecule has 240 valence electrons. The van der Waals surface area contributed by atoms with Gasteiger partial charge < -0.3 is 64.3 Å². The van der Waals surface area contributed by atoms with Crippen LogP contribution in [0.1, 0.15) is 0 Å². The van der Waals surface area contributed by atoms with E-state index in [0.717, 1.165) is 13.4 Å². The number of esters is 1. The lowest BCUT2D eigenvalue weighted by Gasteiger charge is -2.48. The molecule has 0 spiro atoms. The highest BCUT2D eigenvalue weighted by Gasteiger charge is 2.58. The first-order chi connectivity index (χ1) is 20.4. The molecule has 0 aromatic rings. The maximum Gasteiger partial charge on any atom is 0.341 e. The first-order valence-electron chi connectivity index (χ1n) is 13.3. The quantitative estimate of drug-likeness (QED) is 0.0540. The van der Waals surface area contributed by atoms with Crippen molar-refractivity contribution in [2.75, 3.05) is 47.2 Å². The number of rotatable bonds is 13. The van der Waals surface area contributed by atoms with Gasteiger partial charge in [0.1, 0.15) is 54.5 Å². The molecule has 1 saturated heterocycles. The van der Waals surface area contributed by atoms with Gasteiger partial charge in [0.2, 0.25) is 12.1 Å². The molecule has 0 bridgehead atoms. The van der Waals surface area contributed by atoms with Gasteiger partial charge in [0.05, 0.1) is 33.0 Å². The van der Waals surface area contributed by atoms with E-state index >= 15 is 0 Å². The van der Waals surface area contributed by atoms with Crippen molar-refractivity contribution in [1.29, 1.82) is 0 Å². The summed E-state index contributed by atoms with van der Waals surface area (Å²) in [5.74, 6) is -6.43. The number of hydrogen-bond donors (Lipinski definition) is 9. The molecule has 0 amide bonds. The summed E-state index contributed by atoms with van der Waals surface area (Å²) >= 11 is 0. The van der Waals surface area contributed by atoms with Crippen LogP contribution in [0.5, 0.6) is 0 Å². The molecule has 0 aliphatic carbocycles. The molecule has 3 rings (SSSR count). The zero-order chi connectivity index (χ0) is 31.9. The lowest BCUT2D eigenvalue weighted by molar-refractivity contribution is -0.842. The normalized spacial score (nSPS) is 34.0. The average Bonchev–Trinajstić information content (AvgIpc) is 2.97. The molecule has 3 aliphatic rings. The van der Waals surface area contributed by atoms with E-state index in [2.05, 4.69) is 11.9 Å². The minimum absolute atomic E-state index is 0.0438. The Kier molecular flexibility index (Phi) is 11.8. The molecule has 8 unspecified atom stereocenters. The Balaban J connectivity index is 2.00. The number of carboxylic acids is 1. The molecule has 3 heterocycles. The van der Waals surface area contributed by atoms with Crippen molar-refractivity contribution in [3.05, 3.63) is 60.1 Å². The van der Waals surface area contributed by atoms with E-state index in [-0.39, 0.29) is 37.6 Å². The summed E-state index contributed by atoms with van der Waals surface area (Å²) < 4.78 is 27.3. The van der Waals surface area contributed by atoms with E-state index in [9.17, 15) is 45.3 Å². The zero-order valence-electron chi connectivity index (χ0n) is 23.7. The summed E-state index contributed by atoms with van der Waals surface area (Å²) in [5.41, 5.74) is -2.20. The van der Waals surface area contributed by atoms with Crippen LogP contribution in [0, 0.1) is 5.92 Å². The highest BCUT2D eigenvalue weighted by molar-refractivity contribution is 5.91. The van der Waals surface area contributed by atoms with Crippen molar-refractivity contribution in [3.63, 3.8) is 0 Å². The van der Waals surface area contributed by atoms with Crippen LogP contribution in [0.4, 0.5) is 0 Å². The average molecular weight is 616 g/mol. The molecule has 43 heavy (non-hydrogen) atoms. The first kappa shape index (κ1) is 34.5. The molecule has 9 N–H and O–H groups in total. The molecule has 0 aromatic heterocycles. The molecule has 0 saturated carbocycles. The van der Waals surface area contributed by atoms with E-state index in [1.165, 1.54) is 37.6 Å². The van der Waals surface area contributed by atoms with Gasteiger partial charge in [0.15, 0.2) is 12.4 Å². The molecule has 0 aromatic carbocycles. The van der Waals surface area contributed by atoms with Gasteiger partial charge in [0, 0.05) is 5.57 Å². The molecule has 3 aliphatic heterocycles. The number of aliphatic hydroxyl groups is 6. The first-order valence-corrected chi connectivity index (χ1v) is 13.3. The van der Waals surface area contributed by atoms with Gasteiger partial charge in [-0.3, -0.25) is 5.32 Å². The summed E-state index contributed by atoms with van der Waals surface area (Å²) in [6, 6.07) is 0. The van der Waals surface area contributed by atoms with Crippen LogP contribution in [0.15, 0.2) is 60.1 Å². The number of methoxy groups -OCH3 is 1. The number of aliphatic hydroxyl groups excluding tert-OH is 3. The van der Waals surface area contributed by atoms with Crippen LogP contribution in [0.2, 0.25) is 0 Å². The van der Waals surface area contributed by atoms with Gasteiger partial charge in [-0.05, 0) is 19.2 Å². The van der Waals surface area contributed by atoms with Crippen molar-refractivity contribution in [2.45, 2.75) is 42.3 Å². The second kappa shape index (κ2) is 14.7. The SMILES string of the molecule is C=CC1C(OC2OC(CO)C(O)C(O)(O)C2OCNC)OC=C(C(=O)OC)C1(O)C=CC1=CC(C(=O)O)=C[NH+](CCO)C1. The highest BCUT2D eigenvalue weighted by atomic mass is 16.8. The number of carbonyl (C=O) groups excluding carboxylic acids is 1. The minimum atomic E-state index is -2.96. The third kappa shape index (κ3) is 7.39. The lowest BCUT2D eigenvalue weighted by atomic mass is 9.78. The molecule has 0 radical (unpaired) electrons. The van der Waals surface area contributed by atoms with Gasteiger partial charge in [-0.2, -0.15) is 0 Å². The van der Waals surface area contributed by atoms with Crippen molar-refractivity contribution < 1.29 is 73.9 Å². The van der Waals surface area contributed by atoms with E-state index in [4.69, 9.17) is 23.7 Å². The molecule has 16 nitrogen and oxygen atoms in total. The second-order valence-electron chi connectivity index (χ2n) is 10.1. The number of carboxylic acid groups (broad SMARTS) is 1.